The van der Waals surface area contributed by atoms with E-state index in [0.29, 0.717) is 37.5 Å². The third-order valence-electron chi connectivity index (χ3n) is 2.67. The van der Waals surface area contributed by atoms with Crippen molar-refractivity contribution in [2.45, 2.75) is 6.61 Å². The lowest BCUT2D eigenvalue weighted by Gasteiger charge is -2.14. The molecule has 1 heterocycles. The van der Waals surface area contributed by atoms with Crippen LogP contribution in [0, 0.1) is 0 Å². The zero-order chi connectivity index (χ0) is 14.0. The Morgan fingerprint density at radius 2 is 1.79 bits per heavy atom. The second-order valence-corrected chi connectivity index (χ2v) is 5.02. The van der Waals surface area contributed by atoms with E-state index in [1.807, 2.05) is 0 Å². The fraction of sp³-hybridized carbons (Fsp3) is 0.154. The van der Waals surface area contributed by atoms with Crippen LogP contribution in [0.1, 0.15) is 5.56 Å². The van der Waals surface area contributed by atoms with Crippen molar-refractivity contribution in [1.29, 1.82) is 0 Å². The van der Waals surface area contributed by atoms with E-state index >= 15 is 0 Å². The van der Waals surface area contributed by atoms with Gasteiger partial charge >= 0.3 is 0 Å². The second-order valence-electron chi connectivity index (χ2n) is 3.77. The third-order valence-corrected chi connectivity index (χ3v) is 3.49. The van der Waals surface area contributed by atoms with Gasteiger partial charge in [0.05, 0.1) is 30.0 Å². The van der Waals surface area contributed by atoms with Gasteiger partial charge in [0.15, 0.2) is 0 Å². The number of hydrogen-bond acceptors (Lipinski definition) is 3. The van der Waals surface area contributed by atoms with E-state index in [4.69, 9.17) is 39.5 Å². The van der Waals surface area contributed by atoms with Crippen molar-refractivity contribution >= 4 is 34.8 Å². The van der Waals surface area contributed by atoms with Gasteiger partial charge in [0, 0.05) is 27.9 Å². The average Bonchev–Trinajstić information content (AvgIpc) is 2.37. The number of pyridine rings is 1. The van der Waals surface area contributed by atoms with Crippen molar-refractivity contribution in [2.24, 2.45) is 0 Å². The van der Waals surface area contributed by atoms with Crippen LogP contribution in [0.5, 0.6) is 5.75 Å². The molecule has 0 aliphatic carbocycles. The molecule has 0 saturated heterocycles. The maximum Gasteiger partial charge on any atom is 0.143 e. The molecule has 0 atom stereocenters. The van der Waals surface area contributed by atoms with Gasteiger partial charge in [0.2, 0.25) is 0 Å². The van der Waals surface area contributed by atoms with Gasteiger partial charge in [-0.3, -0.25) is 4.98 Å². The SMILES string of the molecule is COc1cncc(-c2c(Cl)cc(Cl)cc2Cl)c1CO. The van der Waals surface area contributed by atoms with Crippen molar-refractivity contribution in [3.8, 4) is 16.9 Å². The molecule has 0 amide bonds. The zero-order valence-electron chi connectivity index (χ0n) is 9.95. The normalized spacial score (nSPS) is 10.6. The molecule has 0 spiro atoms. The number of methoxy groups -OCH3 is 1. The molecule has 3 nitrogen and oxygen atoms in total. The number of ether oxygens (including phenoxy) is 1. The molecule has 0 radical (unpaired) electrons. The number of aliphatic hydroxyl groups is 1. The highest BCUT2D eigenvalue weighted by molar-refractivity contribution is 6.41. The predicted molar refractivity (Wildman–Crippen MR) is 77.2 cm³/mol. The quantitative estimate of drug-likeness (QED) is 0.922. The van der Waals surface area contributed by atoms with E-state index in [-0.39, 0.29) is 6.61 Å². The van der Waals surface area contributed by atoms with Crippen LogP contribution < -0.4 is 4.74 Å². The van der Waals surface area contributed by atoms with Gasteiger partial charge in [-0.25, -0.2) is 0 Å². The predicted octanol–water partition coefficient (Wildman–Crippen LogP) is 4.21. The maximum atomic E-state index is 9.51. The average molecular weight is 319 g/mol. The standard InChI is InChI=1S/C13H10Cl3NO2/c1-19-12-5-17-4-8(9(12)6-18)13-10(15)2-7(14)3-11(13)16/h2-5,18H,6H2,1H3. The molecule has 0 aliphatic heterocycles. The number of hydrogen-bond donors (Lipinski definition) is 1. The summed E-state index contributed by atoms with van der Waals surface area (Å²) in [7, 11) is 1.50. The minimum atomic E-state index is -0.212. The molecular formula is C13H10Cl3NO2. The summed E-state index contributed by atoms with van der Waals surface area (Å²) in [5.74, 6) is 0.474. The molecule has 100 valence electrons. The topological polar surface area (TPSA) is 42.4 Å². The van der Waals surface area contributed by atoms with Crippen LogP contribution in [0.2, 0.25) is 15.1 Å². The number of nitrogens with zero attached hydrogens (tertiary/aromatic N) is 1. The van der Waals surface area contributed by atoms with Crippen molar-refractivity contribution in [3.63, 3.8) is 0 Å². The molecule has 2 aromatic rings. The molecule has 1 N–H and O–H groups in total. The first-order chi connectivity index (χ1) is 9.08. The molecule has 0 bridgehead atoms. The minimum Gasteiger partial charge on any atom is -0.495 e. The number of aromatic nitrogens is 1. The van der Waals surface area contributed by atoms with Gasteiger partial charge in [-0.15, -0.1) is 0 Å². The van der Waals surface area contributed by atoms with Crippen LogP contribution in [0.3, 0.4) is 0 Å². The Labute approximate surface area is 125 Å². The fourth-order valence-corrected chi connectivity index (χ4v) is 2.84. The Morgan fingerprint density at radius 1 is 1.16 bits per heavy atom. The van der Waals surface area contributed by atoms with Crippen molar-refractivity contribution in [2.75, 3.05) is 7.11 Å². The molecule has 2 rings (SSSR count). The Hall–Kier alpha value is -1.000. The maximum absolute atomic E-state index is 9.51. The first-order valence-corrected chi connectivity index (χ1v) is 6.48. The summed E-state index contributed by atoms with van der Waals surface area (Å²) in [6.07, 6.45) is 3.10. The van der Waals surface area contributed by atoms with Crippen LogP contribution in [0.4, 0.5) is 0 Å². The van der Waals surface area contributed by atoms with Crippen LogP contribution in [-0.4, -0.2) is 17.2 Å². The molecule has 0 saturated carbocycles. The lowest BCUT2D eigenvalue weighted by Crippen LogP contribution is -1.97. The van der Waals surface area contributed by atoms with E-state index in [1.54, 1.807) is 18.3 Å². The molecule has 1 aromatic heterocycles. The molecule has 1 aromatic carbocycles. The van der Waals surface area contributed by atoms with Gasteiger partial charge in [0.1, 0.15) is 5.75 Å². The van der Waals surface area contributed by atoms with Crippen LogP contribution >= 0.6 is 34.8 Å². The summed E-state index contributed by atoms with van der Waals surface area (Å²) in [5.41, 5.74) is 1.76. The molecule has 19 heavy (non-hydrogen) atoms. The second kappa shape index (κ2) is 5.97. The van der Waals surface area contributed by atoms with Crippen molar-refractivity contribution < 1.29 is 9.84 Å². The summed E-state index contributed by atoms with van der Waals surface area (Å²) in [6.45, 7) is -0.212. The summed E-state index contributed by atoms with van der Waals surface area (Å²) < 4.78 is 5.17. The lowest BCUT2D eigenvalue weighted by molar-refractivity contribution is 0.274. The number of aliphatic hydroxyl groups excluding tert-OH is 1. The smallest absolute Gasteiger partial charge is 0.143 e. The Balaban J connectivity index is 2.72. The van der Waals surface area contributed by atoms with Crippen LogP contribution in [-0.2, 0) is 6.61 Å². The molecule has 0 fully saturated rings. The van der Waals surface area contributed by atoms with Crippen LogP contribution in [0.15, 0.2) is 24.5 Å². The summed E-state index contributed by atoms with van der Waals surface area (Å²) in [6, 6.07) is 3.18. The third kappa shape index (κ3) is 2.79. The van der Waals surface area contributed by atoms with E-state index < -0.39 is 0 Å². The van der Waals surface area contributed by atoms with Crippen molar-refractivity contribution in [3.05, 3.63) is 45.2 Å². The summed E-state index contributed by atoms with van der Waals surface area (Å²) in [4.78, 5) is 4.06. The van der Waals surface area contributed by atoms with Crippen molar-refractivity contribution in [1.82, 2.24) is 4.98 Å². The Bertz CT molecular complexity index is 594. The van der Waals surface area contributed by atoms with Gasteiger partial charge in [-0.05, 0) is 12.1 Å². The fourth-order valence-electron chi connectivity index (χ4n) is 1.82. The van der Waals surface area contributed by atoms with E-state index in [0.717, 1.165) is 0 Å². The highest BCUT2D eigenvalue weighted by Crippen LogP contribution is 2.40. The number of halogens is 3. The van der Waals surface area contributed by atoms with E-state index in [1.165, 1.54) is 13.3 Å². The zero-order valence-corrected chi connectivity index (χ0v) is 12.2. The van der Waals surface area contributed by atoms with E-state index in [9.17, 15) is 5.11 Å². The highest BCUT2D eigenvalue weighted by Gasteiger charge is 2.17. The number of benzene rings is 1. The van der Waals surface area contributed by atoms with Crippen LogP contribution in [0.25, 0.3) is 11.1 Å². The molecule has 0 aliphatic rings. The number of rotatable bonds is 3. The Morgan fingerprint density at radius 3 is 2.32 bits per heavy atom. The first kappa shape index (κ1) is 14.4. The molecule has 0 unspecified atom stereocenters. The Kier molecular flexibility index (Phi) is 4.53. The monoisotopic (exact) mass is 317 g/mol. The summed E-state index contributed by atoms with van der Waals surface area (Å²) in [5, 5.41) is 10.7. The molecular weight excluding hydrogens is 309 g/mol. The lowest BCUT2D eigenvalue weighted by atomic mass is 10.0. The van der Waals surface area contributed by atoms with Gasteiger partial charge in [-0.2, -0.15) is 0 Å². The van der Waals surface area contributed by atoms with E-state index in [2.05, 4.69) is 4.98 Å². The van der Waals surface area contributed by atoms with Gasteiger partial charge < -0.3 is 9.84 Å². The van der Waals surface area contributed by atoms with Gasteiger partial charge in [0.25, 0.3) is 0 Å². The molecule has 6 heteroatoms. The highest BCUT2D eigenvalue weighted by atomic mass is 35.5. The van der Waals surface area contributed by atoms with Gasteiger partial charge in [-0.1, -0.05) is 34.8 Å². The minimum absolute atomic E-state index is 0.212. The largest absolute Gasteiger partial charge is 0.495 e. The summed E-state index contributed by atoms with van der Waals surface area (Å²) >= 11 is 18.2. The first-order valence-electron chi connectivity index (χ1n) is 5.35.